The second kappa shape index (κ2) is 5.32. The van der Waals surface area contributed by atoms with Crippen molar-refractivity contribution >= 4 is 17.5 Å². The fraction of sp³-hybridized carbons (Fsp3) is 0.500. The molecule has 0 radical (unpaired) electrons. The predicted molar refractivity (Wildman–Crippen MR) is 50.7 cm³/mol. The van der Waals surface area contributed by atoms with Gasteiger partial charge in [-0.25, -0.2) is 4.79 Å². The van der Waals surface area contributed by atoms with E-state index >= 15 is 0 Å². The number of hydrogen-bond acceptors (Lipinski definition) is 4. The predicted octanol–water partition coefficient (Wildman–Crippen LogP) is 1.04. The monoisotopic (exact) mass is 198 g/mol. The van der Waals surface area contributed by atoms with Gasteiger partial charge in [0.2, 0.25) is 0 Å². The van der Waals surface area contributed by atoms with Gasteiger partial charge in [0.05, 0.1) is 0 Å². The Labute approximate surface area is 82.9 Å². The van der Waals surface area contributed by atoms with Crippen molar-refractivity contribution in [1.29, 1.82) is 0 Å². The van der Waals surface area contributed by atoms with E-state index in [1.165, 1.54) is 33.8 Å². The Hall–Kier alpha value is -1.45. The lowest BCUT2D eigenvalue weighted by Gasteiger charge is -2.09. The highest BCUT2D eigenvalue weighted by molar-refractivity contribution is 5.98. The van der Waals surface area contributed by atoms with Crippen LogP contribution in [-0.4, -0.2) is 23.6 Å². The number of ketones is 2. The van der Waals surface area contributed by atoms with E-state index in [4.69, 9.17) is 4.74 Å². The Morgan fingerprint density at radius 2 is 1.64 bits per heavy atom. The standard InChI is InChI=1S/C10H14O4/c1-6(5-7(2)11)10(13)14-9(4)8(3)12/h5,9H,1-4H3/b6-5+. The molecule has 0 aromatic rings. The van der Waals surface area contributed by atoms with Crippen molar-refractivity contribution in [2.45, 2.75) is 33.8 Å². The Morgan fingerprint density at radius 1 is 1.14 bits per heavy atom. The van der Waals surface area contributed by atoms with Crippen LogP contribution in [0.25, 0.3) is 0 Å². The molecular weight excluding hydrogens is 184 g/mol. The van der Waals surface area contributed by atoms with E-state index in [1.54, 1.807) is 0 Å². The molecule has 0 aromatic heterocycles. The number of hydrogen-bond donors (Lipinski definition) is 0. The van der Waals surface area contributed by atoms with Crippen molar-refractivity contribution in [3.63, 3.8) is 0 Å². The minimum absolute atomic E-state index is 0.200. The van der Waals surface area contributed by atoms with Gasteiger partial charge in [-0.3, -0.25) is 9.59 Å². The van der Waals surface area contributed by atoms with Crippen LogP contribution < -0.4 is 0 Å². The lowest BCUT2D eigenvalue weighted by molar-refractivity contribution is -0.149. The van der Waals surface area contributed by atoms with Gasteiger partial charge in [-0.2, -0.15) is 0 Å². The Kier molecular flexibility index (Phi) is 4.77. The van der Waals surface area contributed by atoms with Crippen molar-refractivity contribution in [3.8, 4) is 0 Å². The number of carbonyl (C=O) groups excluding carboxylic acids is 3. The third-order valence-electron chi connectivity index (χ3n) is 1.60. The zero-order valence-electron chi connectivity index (χ0n) is 8.79. The third-order valence-corrected chi connectivity index (χ3v) is 1.60. The largest absolute Gasteiger partial charge is 0.451 e. The number of ether oxygens (including phenoxy) is 1. The summed E-state index contributed by atoms with van der Waals surface area (Å²) < 4.78 is 4.77. The van der Waals surface area contributed by atoms with Crippen LogP contribution in [0.1, 0.15) is 27.7 Å². The highest BCUT2D eigenvalue weighted by Crippen LogP contribution is 2.01. The molecule has 0 spiro atoms. The summed E-state index contributed by atoms with van der Waals surface area (Å²) in [6.45, 7) is 5.63. The third kappa shape index (κ3) is 4.54. The maximum Gasteiger partial charge on any atom is 0.334 e. The van der Waals surface area contributed by atoms with Crippen molar-refractivity contribution < 1.29 is 19.1 Å². The van der Waals surface area contributed by atoms with E-state index < -0.39 is 12.1 Å². The number of carbonyl (C=O) groups is 3. The zero-order valence-corrected chi connectivity index (χ0v) is 8.79. The molecule has 0 saturated carbocycles. The summed E-state index contributed by atoms with van der Waals surface area (Å²) >= 11 is 0. The van der Waals surface area contributed by atoms with E-state index in [2.05, 4.69) is 0 Å². The molecule has 4 heteroatoms. The van der Waals surface area contributed by atoms with Gasteiger partial charge in [0, 0.05) is 5.57 Å². The minimum atomic E-state index is -0.766. The van der Waals surface area contributed by atoms with E-state index in [-0.39, 0.29) is 17.1 Å². The van der Waals surface area contributed by atoms with Crippen LogP contribution in [0.4, 0.5) is 0 Å². The molecule has 0 bridgehead atoms. The highest BCUT2D eigenvalue weighted by atomic mass is 16.5. The number of Topliss-reactive ketones (excluding diaryl/α,β-unsaturated/α-hetero) is 1. The van der Waals surface area contributed by atoms with Crippen LogP contribution in [-0.2, 0) is 19.1 Å². The first-order valence-corrected chi connectivity index (χ1v) is 4.25. The second-order valence-corrected chi connectivity index (χ2v) is 3.10. The van der Waals surface area contributed by atoms with Gasteiger partial charge in [0.25, 0.3) is 0 Å². The normalized spacial score (nSPS) is 13.3. The first-order chi connectivity index (χ1) is 6.34. The topological polar surface area (TPSA) is 60.4 Å². The average molecular weight is 198 g/mol. The number of rotatable bonds is 4. The Bertz CT molecular complexity index is 288. The second-order valence-electron chi connectivity index (χ2n) is 3.10. The smallest absolute Gasteiger partial charge is 0.334 e. The minimum Gasteiger partial charge on any atom is -0.451 e. The summed E-state index contributed by atoms with van der Waals surface area (Å²) in [5.41, 5.74) is 0.200. The fourth-order valence-electron chi connectivity index (χ4n) is 0.700. The molecule has 0 saturated heterocycles. The maximum atomic E-state index is 11.2. The molecule has 0 heterocycles. The molecule has 0 aliphatic carbocycles. The molecule has 0 rings (SSSR count). The van der Waals surface area contributed by atoms with Gasteiger partial charge in [0.15, 0.2) is 17.7 Å². The molecule has 1 unspecified atom stereocenters. The Balaban J connectivity index is 4.36. The summed E-state index contributed by atoms with van der Waals surface area (Å²) in [7, 11) is 0. The van der Waals surface area contributed by atoms with E-state index in [0.717, 1.165) is 0 Å². The van der Waals surface area contributed by atoms with Crippen LogP contribution in [0.3, 0.4) is 0 Å². The first kappa shape index (κ1) is 12.6. The van der Waals surface area contributed by atoms with E-state index in [0.29, 0.717) is 0 Å². The molecule has 0 N–H and O–H groups in total. The van der Waals surface area contributed by atoms with Crippen molar-refractivity contribution in [2.75, 3.05) is 0 Å². The average Bonchev–Trinajstić information content (AvgIpc) is 2.02. The molecule has 0 aliphatic rings. The van der Waals surface area contributed by atoms with Gasteiger partial charge in [-0.1, -0.05) is 0 Å². The van der Waals surface area contributed by atoms with Crippen LogP contribution in [0, 0.1) is 0 Å². The summed E-state index contributed by atoms with van der Waals surface area (Å²) in [5, 5.41) is 0. The van der Waals surface area contributed by atoms with Crippen LogP contribution >= 0.6 is 0 Å². The highest BCUT2D eigenvalue weighted by Gasteiger charge is 2.14. The quantitative estimate of drug-likeness (QED) is 0.500. The summed E-state index contributed by atoms with van der Waals surface area (Å²) in [6.07, 6.45) is 0.410. The molecule has 0 aromatic carbocycles. The molecule has 78 valence electrons. The molecule has 1 atom stereocenters. The zero-order chi connectivity index (χ0) is 11.3. The number of allylic oxidation sites excluding steroid dienone is 1. The molecule has 4 nitrogen and oxygen atoms in total. The van der Waals surface area contributed by atoms with Crippen molar-refractivity contribution in [2.24, 2.45) is 0 Å². The summed E-state index contributed by atoms with van der Waals surface area (Å²) in [6, 6.07) is 0. The van der Waals surface area contributed by atoms with Crippen LogP contribution in [0.2, 0.25) is 0 Å². The van der Waals surface area contributed by atoms with Gasteiger partial charge in [-0.15, -0.1) is 0 Å². The van der Waals surface area contributed by atoms with E-state index in [9.17, 15) is 14.4 Å². The van der Waals surface area contributed by atoms with E-state index in [1.807, 2.05) is 0 Å². The molecule has 0 aliphatic heterocycles. The molecular formula is C10H14O4. The van der Waals surface area contributed by atoms with Gasteiger partial charge in [0.1, 0.15) is 0 Å². The molecule has 0 fully saturated rings. The van der Waals surface area contributed by atoms with Crippen molar-refractivity contribution in [3.05, 3.63) is 11.6 Å². The first-order valence-electron chi connectivity index (χ1n) is 4.25. The fourth-order valence-corrected chi connectivity index (χ4v) is 0.700. The molecule has 0 amide bonds. The molecule has 14 heavy (non-hydrogen) atoms. The van der Waals surface area contributed by atoms with Gasteiger partial charge in [-0.05, 0) is 33.8 Å². The maximum absolute atomic E-state index is 11.2. The Morgan fingerprint density at radius 3 is 2.00 bits per heavy atom. The lowest BCUT2D eigenvalue weighted by atomic mass is 10.2. The summed E-state index contributed by atoms with van der Waals surface area (Å²) in [4.78, 5) is 32.6. The lowest BCUT2D eigenvalue weighted by Crippen LogP contribution is -2.22. The summed E-state index contributed by atoms with van der Waals surface area (Å²) in [5.74, 6) is -1.09. The number of esters is 1. The van der Waals surface area contributed by atoms with Gasteiger partial charge < -0.3 is 4.74 Å². The van der Waals surface area contributed by atoms with Crippen LogP contribution in [0.15, 0.2) is 11.6 Å². The van der Waals surface area contributed by atoms with Gasteiger partial charge >= 0.3 is 5.97 Å². The SMILES string of the molecule is CC(=O)/C=C(\C)C(=O)OC(C)C(C)=O. The van der Waals surface area contributed by atoms with Crippen LogP contribution in [0.5, 0.6) is 0 Å². The van der Waals surface area contributed by atoms with Crippen molar-refractivity contribution in [1.82, 2.24) is 0 Å².